The molecule has 1 saturated heterocycles. The highest BCUT2D eigenvalue weighted by Gasteiger charge is 2.23. The van der Waals surface area contributed by atoms with Crippen LogP contribution in [0, 0.1) is 0 Å². The number of carbonyl (C=O) groups is 1. The van der Waals surface area contributed by atoms with Crippen molar-refractivity contribution in [3.63, 3.8) is 0 Å². The molecule has 100 valence electrons. The summed E-state index contributed by atoms with van der Waals surface area (Å²) in [4.78, 5) is 12.7. The van der Waals surface area contributed by atoms with Crippen molar-refractivity contribution in [3.05, 3.63) is 0 Å². The first-order chi connectivity index (χ1) is 7.88. The fourth-order valence-electron chi connectivity index (χ4n) is 2.25. The van der Waals surface area contributed by atoms with Crippen LogP contribution in [0.5, 0.6) is 0 Å². The molecule has 1 heterocycles. The van der Waals surface area contributed by atoms with E-state index in [2.05, 4.69) is 4.90 Å². The van der Waals surface area contributed by atoms with E-state index in [1.54, 1.807) is 0 Å². The maximum atomic E-state index is 11.1. The van der Waals surface area contributed by atoms with E-state index in [4.69, 9.17) is 5.11 Å². The Morgan fingerprint density at radius 1 is 1.41 bits per heavy atom. The van der Waals surface area contributed by atoms with Crippen LogP contribution in [-0.4, -0.2) is 55.5 Å². The van der Waals surface area contributed by atoms with Gasteiger partial charge in [0.1, 0.15) is 9.84 Å². The van der Waals surface area contributed by atoms with Gasteiger partial charge in [0.25, 0.3) is 0 Å². The normalized spacial score (nSPS) is 22.5. The van der Waals surface area contributed by atoms with E-state index in [1.807, 2.05) is 0 Å². The first-order valence-corrected chi connectivity index (χ1v) is 8.08. The van der Waals surface area contributed by atoms with Crippen molar-refractivity contribution in [1.29, 1.82) is 0 Å². The molecule has 1 atom stereocenters. The highest BCUT2D eigenvalue weighted by Crippen LogP contribution is 2.20. The molecule has 1 aliphatic heterocycles. The second kappa shape index (κ2) is 6.35. The van der Waals surface area contributed by atoms with Crippen molar-refractivity contribution in [3.8, 4) is 0 Å². The summed E-state index contributed by atoms with van der Waals surface area (Å²) in [6.45, 7) is 1.42. The van der Waals surface area contributed by atoms with E-state index in [9.17, 15) is 13.2 Å². The summed E-state index contributed by atoms with van der Waals surface area (Å²) in [5.41, 5.74) is 0. The van der Waals surface area contributed by atoms with Crippen LogP contribution in [0.2, 0.25) is 0 Å². The Morgan fingerprint density at radius 3 is 2.71 bits per heavy atom. The Kier molecular flexibility index (Phi) is 5.39. The van der Waals surface area contributed by atoms with Gasteiger partial charge in [0.05, 0.1) is 5.75 Å². The van der Waals surface area contributed by atoms with E-state index in [0.29, 0.717) is 13.0 Å². The van der Waals surface area contributed by atoms with Crippen LogP contribution >= 0.6 is 0 Å². The van der Waals surface area contributed by atoms with Gasteiger partial charge in [-0.15, -0.1) is 0 Å². The number of sulfone groups is 1. The number of nitrogens with zero attached hydrogens (tertiary/aromatic N) is 1. The number of likely N-dealkylation sites (tertiary alicyclic amines) is 1. The first-order valence-electron chi connectivity index (χ1n) is 6.02. The minimum atomic E-state index is -2.94. The number of hydrogen-bond donors (Lipinski definition) is 1. The second-order valence-electron chi connectivity index (χ2n) is 4.75. The topological polar surface area (TPSA) is 74.7 Å². The van der Waals surface area contributed by atoms with Crippen LogP contribution in [0.3, 0.4) is 0 Å². The molecule has 1 rings (SSSR count). The van der Waals surface area contributed by atoms with Crippen LogP contribution in [0.1, 0.15) is 32.1 Å². The van der Waals surface area contributed by atoms with Gasteiger partial charge < -0.3 is 5.11 Å². The van der Waals surface area contributed by atoms with E-state index in [0.717, 1.165) is 25.8 Å². The predicted octanol–water partition coefficient (Wildman–Crippen LogP) is 0.750. The van der Waals surface area contributed by atoms with E-state index in [-0.39, 0.29) is 18.2 Å². The Hall–Kier alpha value is -0.620. The standard InChI is InChI=1S/C11H21NO4S/c1-17(15,16)9-8-12-7-3-2-4-10(12)5-6-11(13)14/h10H,2-9H2,1H3,(H,13,14). The highest BCUT2D eigenvalue weighted by molar-refractivity contribution is 7.90. The first kappa shape index (κ1) is 14.4. The quantitative estimate of drug-likeness (QED) is 0.765. The van der Waals surface area contributed by atoms with Crippen molar-refractivity contribution in [2.45, 2.75) is 38.1 Å². The summed E-state index contributed by atoms with van der Waals surface area (Å²) >= 11 is 0. The molecule has 6 heteroatoms. The SMILES string of the molecule is CS(=O)(=O)CCN1CCCCC1CCC(=O)O. The minimum Gasteiger partial charge on any atom is -0.481 e. The number of rotatable bonds is 6. The molecule has 0 aromatic rings. The molecule has 0 bridgehead atoms. The monoisotopic (exact) mass is 263 g/mol. The number of carboxylic acids is 1. The molecule has 0 aromatic heterocycles. The zero-order valence-electron chi connectivity index (χ0n) is 10.3. The van der Waals surface area contributed by atoms with Crippen molar-refractivity contribution in [2.24, 2.45) is 0 Å². The van der Waals surface area contributed by atoms with Gasteiger partial charge in [-0.05, 0) is 25.8 Å². The summed E-state index contributed by atoms with van der Waals surface area (Å²) in [5.74, 6) is -0.616. The number of aliphatic carboxylic acids is 1. The average Bonchev–Trinajstić information content (AvgIpc) is 2.23. The summed E-state index contributed by atoms with van der Waals surface area (Å²) < 4.78 is 22.3. The van der Waals surface area contributed by atoms with Gasteiger partial charge >= 0.3 is 5.97 Å². The third kappa shape index (κ3) is 6.02. The lowest BCUT2D eigenvalue weighted by atomic mass is 9.98. The van der Waals surface area contributed by atoms with E-state index < -0.39 is 15.8 Å². The molecule has 1 aliphatic rings. The number of carboxylic acid groups (broad SMARTS) is 1. The fourth-order valence-corrected chi connectivity index (χ4v) is 2.82. The Morgan fingerprint density at radius 2 is 2.12 bits per heavy atom. The van der Waals surface area contributed by atoms with Gasteiger partial charge in [-0.2, -0.15) is 0 Å². The zero-order valence-corrected chi connectivity index (χ0v) is 11.1. The third-order valence-corrected chi connectivity index (χ3v) is 4.11. The van der Waals surface area contributed by atoms with Crippen molar-refractivity contribution < 1.29 is 18.3 Å². The van der Waals surface area contributed by atoms with Gasteiger partial charge in [-0.25, -0.2) is 8.42 Å². The third-order valence-electron chi connectivity index (χ3n) is 3.19. The van der Waals surface area contributed by atoms with Crippen molar-refractivity contribution >= 4 is 15.8 Å². The minimum absolute atomic E-state index is 0.163. The molecule has 17 heavy (non-hydrogen) atoms. The van der Waals surface area contributed by atoms with Crippen LogP contribution < -0.4 is 0 Å². The predicted molar refractivity (Wildman–Crippen MR) is 65.8 cm³/mol. The molecule has 1 unspecified atom stereocenters. The molecule has 0 radical (unpaired) electrons. The number of piperidine rings is 1. The lowest BCUT2D eigenvalue weighted by molar-refractivity contribution is -0.137. The van der Waals surface area contributed by atoms with Crippen molar-refractivity contribution in [2.75, 3.05) is 25.1 Å². The molecule has 0 saturated carbocycles. The molecule has 0 aromatic carbocycles. The summed E-state index contributed by atoms with van der Waals surface area (Å²) in [6.07, 6.45) is 5.20. The van der Waals surface area contributed by atoms with Crippen LogP contribution in [0.15, 0.2) is 0 Å². The molecule has 5 nitrogen and oxygen atoms in total. The summed E-state index contributed by atoms with van der Waals surface area (Å²) in [5, 5.41) is 8.68. The molecule has 0 spiro atoms. The molecule has 0 amide bonds. The molecule has 1 fully saturated rings. The highest BCUT2D eigenvalue weighted by atomic mass is 32.2. The maximum absolute atomic E-state index is 11.1. The Labute approximate surface area is 103 Å². The smallest absolute Gasteiger partial charge is 0.303 e. The van der Waals surface area contributed by atoms with Gasteiger partial charge in [0.2, 0.25) is 0 Å². The lowest BCUT2D eigenvalue weighted by Crippen LogP contribution is -2.42. The molecule has 0 aliphatic carbocycles. The van der Waals surface area contributed by atoms with Gasteiger partial charge in [-0.3, -0.25) is 9.69 Å². The lowest BCUT2D eigenvalue weighted by Gasteiger charge is -2.35. The largest absolute Gasteiger partial charge is 0.481 e. The molecular weight excluding hydrogens is 242 g/mol. The summed E-state index contributed by atoms with van der Waals surface area (Å²) in [6, 6.07) is 0.238. The Balaban J connectivity index is 2.45. The van der Waals surface area contributed by atoms with Gasteiger partial charge in [0, 0.05) is 25.3 Å². The fraction of sp³-hybridized carbons (Fsp3) is 0.909. The summed E-state index contributed by atoms with van der Waals surface area (Å²) in [7, 11) is -2.94. The van der Waals surface area contributed by atoms with Crippen LogP contribution in [-0.2, 0) is 14.6 Å². The molecule has 1 N–H and O–H groups in total. The van der Waals surface area contributed by atoms with E-state index >= 15 is 0 Å². The Bertz CT molecular complexity index is 352. The zero-order chi connectivity index (χ0) is 12.9. The van der Waals surface area contributed by atoms with Crippen LogP contribution in [0.25, 0.3) is 0 Å². The van der Waals surface area contributed by atoms with Gasteiger partial charge in [0.15, 0.2) is 0 Å². The average molecular weight is 263 g/mol. The van der Waals surface area contributed by atoms with Crippen LogP contribution in [0.4, 0.5) is 0 Å². The maximum Gasteiger partial charge on any atom is 0.303 e. The molecular formula is C11H21NO4S. The number of hydrogen-bond acceptors (Lipinski definition) is 4. The van der Waals surface area contributed by atoms with Gasteiger partial charge in [-0.1, -0.05) is 6.42 Å². The second-order valence-corrected chi connectivity index (χ2v) is 7.01. The van der Waals surface area contributed by atoms with E-state index in [1.165, 1.54) is 6.26 Å². The van der Waals surface area contributed by atoms with Crippen molar-refractivity contribution in [1.82, 2.24) is 4.90 Å².